The molecule has 0 fully saturated rings. The van der Waals surface area contributed by atoms with Crippen LogP contribution in [0.5, 0.6) is 0 Å². The smallest absolute Gasteiger partial charge is 0.245 e. The predicted molar refractivity (Wildman–Crippen MR) is 103 cm³/mol. The van der Waals surface area contributed by atoms with Crippen LogP contribution >= 0.6 is 0 Å². The summed E-state index contributed by atoms with van der Waals surface area (Å²) in [5.74, 6) is 0. The van der Waals surface area contributed by atoms with Gasteiger partial charge in [-0.2, -0.15) is 0 Å². The van der Waals surface area contributed by atoms with E-state index in [0.29, 0.717) is 27.6 Å². The van der Waals surface area contributed by atoms with E-state index in [1.807, 2.05) is 60.7 Å². The van der Waals surface area contributed by atoms with Crippen LogP contribution in [-0.2, 0) is 0 Å². The maximum absolute atomic E-state index is 12.1. The maximum atomic E-state index is 12.1. The second kappa shape index (κ2) is 7.31. The first kappa shape index (κ1) is 16.3. The zero-order valence-electron chi connectivity index (χ0n) is 13.5. The zero-order valence-corrected chi connectivity index (χ0v) is 13.5. The van der Waals surface area contributed by atoms with Crippen molar-refractivity contribution < 1.29 is 4.85 Å². The highest BCUT2D eigenvalue weighted by atomic mass is 16.5. The van der Waals surface area contributed by atoms with Crippen LogP contribution < -0.4 is 16.3 Å². The Morgan fingerprint density at radius 2 is 1.20 bits per heavy atom. The number of aromatic nitrogens is 2. The Morgan fingerprint density at radius 1 is 0.680 bits per heavy atom. The summed E-state index contributed by atoms with van der Waals surface area (Å²) in [6, 6.07) is 18.4. The summed E-state index contributed by atoms with van der Waals surface area (Å²) in [5.41, 5.74) is 15.7. The minimum absolute atomic E-state index is 0.460. The number of benzene rings is 2. The molecule has 5 nitrogen and oxygen atoms in total. The van der Waals surface area contributed by atoms with E-state index >= 15 is 0 Å². The van der Waals surface area contributed by atoms with E-state index in [9.17, 15) is 5.21 Å². The number of hydrogen-bond acceptors (Lipinski definition) is 4. The van der Waals surface area contributed by atoms with Crippen molar-refractivity contribution in [3.05, 3.63) is 88.4 Å². The van der Waals surface area contributed by atoms with Crippen molar-refractivity contribution in [3.63, 3.8) is 0 Å². The average Bonchev–Trinajstić information content (AvgIpc) is 2.62. The highest BCUT2D eigenvalue weighted by Crippen LogP contribution is 2.11. The van der Waals surface area contributed by atoms with Crippen LogP contribution in [0.2, 0.25) is 0 Å². The molecule has 0 radical (unpaired) electrons. The van der Waals surface area contributed by atoms with Gasteiger partial charge in [-0.1, -0.05) is 35.2 Å². The molecule has 0 spiro atoms. The molecule has 5 heteroatoms. The molecule has 4 N–H and O–H groups in total. The van der Waals surface area contributed by atoms with Gasteiger partial charge >= 0.3 is 0 Å². The summed E-state index contributed by atoms with van der Waals surface area (Å²) in [6.45, 7) is 0. The standard InChI is InChI=1S/C20H18N4O/c21-17-7-1-15(2-8-17)5-11-19-12-14-20(24(25)23-19)13-6-16-3-9-18(22)10-4-16/h1-14H,21-22H2/b11-5+,13-6+. The van der Waals surface area contributed by atoms with E-state index in [0.717, 1.165) is 11.1 Å². The summed E-state index contributed by atoms with van der Waals surface area (Å²) in [7, 11) is 0. The number of hydrogen-bond donors (Lipinski definition) is 2. The van der Waals surface area contributed by atoms with E-state index in [4.69, 9.17) is 11.5 Å². The van der Waals surface area contributed by atoms with Crippen LogP contribution in [0.3, 0.4) is 0 Å². The van der Waals surface area contributed by atoms with Gasteiger partial charge < -0.3 is 16.7 Å². The zero-order chi connectivity index (χ0) is 17.6. The monoisotopic (exact) mass is 330 g/mol. The van der Waals surface area contributed by atoms with Gasteiger partial charge in [-0.15, -0.1) is 0 Å². The van der Waals surface area contributed by atoms with E-state index in [2.05, 4.69) is 5.10 Å². The van der Waals surface area contributed by atoms with Gasteiger partial charge in [-0.25, -0.2) is 0 Å². The lowest BCUT2D eigenvalue weighted by Gasteiger charge is -1.99. The van der Waals surface area contributed by atoms with Crippen molar-refractivity contribution >= 4 is 35.7 Å². The Bertz CT molecular complexity index is 913. The third kappa shape index (κ3) is 4.45. The highest BCUT2D eigenvalue weighted by Gasteiger charge is 2.03. The lowest BCUT2D eigenvalue weighted by molar-refractivity contribution is -0.671. The number of nitrogens with zero attached hydrogens (tertiary/aromatic N) is 2. The fraction of sp³-hybridized carbons (Fsp3) is 0. The fourth-order valence-electron chi connectivity index (χ4n) is 2.22. The number of anilines is 2. The van der Waals surface area contributed by atoms with Crippen molar-refractivity contribution in [2.45, 2.75) is 0 Å². The number of nitrogens with two attached hydrogens (primary N) is 2. The summed E-state index contributed by atoms with van der Waals surface area (Å²) in [4.78, 5) is 0.608. The molecule has 0 atom stereocenters. The highest BCUT2D eigenvalue weighted by molar-refractivity contribution is 5.70. The molecule has 0 amide bonds. The summed E-state index contributed by atoms with van der Waals surface area (Å²) in [6.07, 6.45) is 7.23. The second-order valence-corrected chi connectivity index (χ2v) is 5.56. The Balaban J connectivity index is 1.74. The molecule has 2 aromatic carbocycles. The van der Waals surface area contributed by atoms with Crippen LogP contribution in [-0.4, -0.2) is 5.10 Å². The molecule has 0 unspecified atom stereocenters. The molecule has 124 valence electrons. The van der Waals surface area contributed by atoms with Gasteiger partial charge in [0.25, 0.3) is 0 Å². The van der Waals surface area contributed by atoms with Gasteiger partial charge in [0.2, 0.25) is 5.69 Å². The quantitative estimate of drug-likeness (QED) is 0.436. The molecular formula is C20H18N4O. The maximum Gasteiger partial charge on any atom is 0.245 e. The molecule has 0 aliphatic carbocycles. The van der Waals surface area contributed by atoms with Crippen molar-refractivity contribution in [1.82, 2.24) is 5.10 Å². The predicted octanol–water partition coefficient (Wildman–Crippen LogP) is 3.22. The van der Waals surface area contributed by atoms with Crippen molar-refractivity contribution in [2.75, 3.05) is 11.5 Å². The first-order chi connectivity index (χ1) is 12.1. The van der Waals surface area contributed by atoms with Crippen molar-refractivity contribution in [1.29, 1.82) is 0 Å². The van der Waals surface area contributed by atoms with Gasteiger partial charge in [0.05, 0.1) is 0 Å². The molecule has 0 bridgehead atoms. The van der Waals surface area contributed by atoms with E-state index in [-0.39, 0.29) is 0 Å². The minimum Gasteiger partial charge on any atom is -0.594 e. The Morgan fingerprint density at radius 3 is 1.72 bits per heavy atom. The summed E-state index contributed by atoms with van der Waals surface area (Å²) >= 11 is 0. The van der Waals surface area contributed by atoms with Crippen molar-refractivity contribution in [3.8, 4) is 0 Å². The molecule has 0 aliphatic heterocycles. The Kier molecular flexibility index (Phi) is 4.76. The molecule has 25 heavy (non-hydrogen) atoms. The Hall–Kier alpha value is -3.60. The lowest BCUT2D eigenvalue weighted by Crippen LogP contribution is -2.34. The second-order valence-electron chi connectivity index (χ2n) is 5.56. The SMILES string of the molecule is Nc1ccc(/C=C/c2ccc(/C=C/c3ccc(N)cc3)[n+]([O-])n2)cc1. The molecule has 0 saturated heterocycles. The van der Waals surface area contributed by atoms with Gasteiger partial charge in [-0.3, -0.25) is 0 Å². The number of nitrogen functional groups attached to an aromatic ring is 2. The van der Waals surface area contributed by atoms with Crippen LogP contribution in [0, 0.1) is 5.21 Å². The average molecular weight is 330 g/mol. The van der Waals surface area contributed by atoms with Crippen LogP contribution in [0.4, 0.5) is 11.4 Å². The first-order valence-electron chi connectivity index (χ1n) is 7.78. The van der Waals surface area contributed by atoms with Crippen LogP contribution in [0.1, 0.15) is 22.5 Å². The van der Waals surface area contributed by atoms with E-state index < -0.39 is 0 Å². The van der Waals surface area contributed by atoms with Crippen LogP contribution in [0.15, 0.2) is 60.7 Å². The Labute approximate surface area is 146 Å². The van der Waals surface area contributed by atoms with E-state index in [1.54, 1.807) is 24.3 Å². The molecular weight excluding hydrogens is 312 g/mol. The lowest BCUT2D eigenvalue weighted by atomic mass is 10.1. The van der Waals surface area contributed by atoms with Gasteiger partial charge in [-0.05, 0) is 53.6 Å². The molecule has 1 heterocycles. The largest absolute Gasteiger partial charge is 0.594 e. The first-order valence-corrected chi connectivity index (χ1v) is 7.78. The van der Waals surface area contributed by atoms with Crippen molar-refractivity contribution in [2.24, 2.45) is 0 Å². The molecule has 1 aromatic heterocycles. The normalized spacial score (nSPS) is 11.4. The molecule has 0 saturated carbocycles. The van der Waals surface area contributed by atoms with E-state index in [1.165, 1.54) is 0 Å². The third-order valence-corrected chi connectivity index (χ3v) is 3.62. The number of rotatable bonds is 4. The fourth-order valence-corrected chi connectivity index (χ4v) is 2.22. The van der Waals surface area contributed by atoms with Gasteiger partial charge in [0.15, 0.2) is 0 Å². The topological polar surface area (TPSA) is 91.9 Å². The van der Waals surface area contributed by atoms with Gasteiger partial charge in [0, 0.05) is 28.6 Å². The van der Waals surface area contributed by atoms with Gasteiger partial charge in [0.1, 0.15) is 5.69 Å². The summed E-state index contributed by atoms with van der Waals surface area (Å²) < 4.78 is 0. The molecule has 0 aliphatic rings. The third-order valence-electron chi connectivity index (χ3n) is 3.62. The minimum atomic E-state index is 0.460. The summed E-state index contributed by atoms with van der Waals surface area (Å²) in [5, 5.41) is 16.1. The van der Waals surface area contributed by atoms with Crippen LogP contribution in [0.25, 0.3) is 24.3 Å². The molecule has 3 aromatic rings. The molecule has 3 rings (SSSR count).